The van der Waals surface area contributed by atoms with E-state index in [0.29, 0.717) is 6.54 Å². The van der Waals surface area contributed by atoms with Crippen LogP contribution in [0.3, 0.4) is 0 Å². The maximum Gasteiger partial charge on any atom is 0.315 e. The van der Waals surface area contributed by atoms with Crippen molar-refractivity contribution in [3.05, 3.63) is 35.4 Å². The molecule has 0 fully saturated rings. The highest BCUT2D eigenvalue weighted by Crippen LogP contribution is 2.01. The van der Waals surface area contributed by atoms with Gasteiger partial charge < -0.3 is 10.6 Å². The molecule has 1 rings (SSSR count). The number of benzene rings is 1. The van der Waals surface area contributed by atoms with Crippen LogP contribution in [0.2, 0.25) is 0 Å². The molecular formula is C11H13N3O. The lowest BCUT2D eigenvalue weighted by Crippen LogP contribution is -2.35. The van der Waals surface area contributed by atoms with Gasteiger partial charge in [-0.3, -0.25) is 0 Å². The summed E-state index contributed by atoms with van der Waals surface area (Å²) in [6, 6.07) is 9.41. The summed E-state index contributed by atoms with van der Waals surface area (Å²) in [6.07, 6.45) is 0. The number of nitrogens with zero attached hydrogens (tertiary/aromatic N) is 1. The van der Waals surface area contributed by atoms with Crippen molar-refractivity contribution >= 4 is 6.03 Å². The SMILES string of the molecule is Cc1ccc(CNC(=O)NCC#N)cc1. The van der Waals surface area contributed by atoms with E-state index in [9.17, 15) is 4.79 Å². The minimum Gasteiger partial charge on any atom is -0.334 e. The van der Waals surface area contributed by atoms with Crippen molar-refractivity contribution in [1.29, 1.82) is 5.26 Å². The predicted molar refractivity (Wildman–Crippen MR) is 57.0 cm³/mol. The van der Waals surface area contributed by atoms with E-state index in [1.807, 2.05) is 37.3 Å². The average molecular weight is 203 g/mol. The van der Waals surface area contributed by atoms with E-state index in [2.05, 4.69) is 10.6 Å². The van der Waals surface area contributed by atoms with Gasteiger partial charge in [-0.1, -0.05) is 29.8 Å². The number of carbonyl (C=O) groups excluding carboxylic acids is 1. The van der Waals surface area contributed by atoms with Crippen molar-refractivity contribution in [3.63, 3.8) is 0 Å². The molecule has 0 atom stereocenters. The number of urea groups is 1. The summed E-state index contributed by atoms with van der Waals surface area (Å²) < 4.78 is 0. The normalized spacial score (nSPS) is 9.07. The molecule has 0 radical (unpaired) electrons. The van der Waals surface area contributed by atoms with Crippen molar-refractivity contribution in [2.75, 3.05) is 6.54 Å². The van der Waals surface area contributed by atoms with Crippen LogP contribution in [0.25, 0.3) is 0 Å². The zero-order chi connectivity index (χ0) is 11.1. The van der Waals surface area contributed by atoms with Gasteiger partial charge in [0.05, 0.1) is 6.07 Å². The van der Waals surface area contributed by atoms with Crippen molar-refractivity contribution in [2.24, 2.45) is 0 Å². The monoisotopic (exact) mass is 203 g/mol. The molecule has 0 saturated carbocycles. The van der Waals surface area contributed by atoms with Crippen LogP contribution in [0.4, 0.5) is 4.79 Å². The molecule has 2 N–H and O–H groups in total. The first-order chi connectivity index (χ1) is 7.22. The lowest BCUT2D eigenvalue weighted by Gasteiger charge is -2.05. The minimum absolute atomic E-state index is 0.0275. The Balaban J connectivity index is 2.34. The van der Waals surface area contributed by atoms with Gasteiger partial charge in [0.1, 0.15) is 6.54 Å². The van der Waals surface area contributed by atoms with Crippen molar-refractivity contribution in [2.45, 2.75) is 13.5 Å². The number of rotatable bonds is 3. The zero-order valence-electron chi connectivity index (χ0n) is 8.58. The van der Waals surface area contributed by atoms with Gasteiger partial charge in [-0.05, 0) is 12.5 Å². The van der Waals surface area contributed by atoms with Crippen molar-refractivity contribution in [3.8, 4) is 6.07 Å². The molecule has 1 aromatic rings. The molecule has 0 heterocycles. The highest BCUT2D eigenvalue weighted by molar-refractivity contribution is 5.74. The third kappa shape index (κ3) is 4.14. The summed E-state index contributed by atoms with van der Waals surface area (Å²) in [5.41, 5.74) is 2.22. The van der Waals surface area contributed by atoms with Crippen LogP contribution in [0.1, 0.15) is 11.1 Å². The molecule has 0 bridgehead atoms. The first kappa shape index (κ1) is 11.1. The summed E-state index contributed by atoms with van der Waals surface area (Å²) in [6.45, 7) is 2.51. The molecule has 78 valence electrons. The summed E-state index contributed by atoms with van der Waals surface area (Å²) >= 11 is 0. The van der Waals surface area contributed by atoms with Crippen molar-refractivity contribution in [1.82, 2.24) is 10.6 Å². The molecule has 0 aliphatic heterocycles. The molecule has 2 amide bonds. The molecule has 1 aromatic carbocycles. The third-order valence-corrected chi connectivity index (χ3v) is 1.90. The smallest absolute Gasteiger partial charge is 0.315 e. The topological polar surface area (TPSA) is 64.9 Å². The lowest BCUT2D eigenvalue weighted by molar-refractivity contribution is 0.241. The third-order valence-electron chi connectivity index (χ3n) is 1.90. The van der Waals surface area contributed by atoms with Gasteiger partial charge in [0.2, 0.25) is 0 Å². The molecule has 0 aliphatic rings. The molecule has 0 aromatic heterocycles. The largest absolute Gasteiger partial charge is 0.334 e. The van der Waals surface area contributed by atoms with Crippen LogP contribution in [0, 0.1) is 18.3 Å². The Kier molecular flexibility index (Phi) is 4.17. The number of aryl methyl sites for hydroxylation is 1. The van der Waals surface area contributed by atoms with Crippen LogP contribution in [0.15, 0.2) is 24.3 Å². The van der Waals surface area contributed by atoms with E-state index in [0.717, 1.165) is 5.56 Å². The Labute approximate surface area is 88.9 Å². The van der Waals surface area contributed by atoms with Crippen LogP contribution >= 0.6 is 0 Å². The quantitative estimate of drug-likeness (QED) is 0.727. The highest BCUT2D eigenvalue weighted by atomic mass is 16.2. The predicted octanol–water partition coefficient (Wildman–Crippen LogP) is 1.32. The first-order valence-electron chi connectivity index (χ1n) is 4.66. The second-order valence-electron chi connectivity index (χ2n) is 3.18. The number of nitrogens with one attached hydrogen (secondary N) is 2. The maximum atomic E-state index is 11.1. The second kappa shape index (κ2) is 5.66. The van der Waals surface area contributed by atoms with E-state index in [4.69, 9.17) is 5.26 Å². The minimum atomic E-state index is -0.322. The van der Waals surface area contributed by atoms with Crippen LogP contribution in [-0.2, 0) is 6.54 Å². The standard InChI is InChI=1S/C11H13N3O/c1-9-2-4-10(5-3-9)8-14-11(15)13-7-6-12/h2-5H,7-8H2,1H3,(H2,13,14,15). The summed E-state index contributed by atoms with van der Waals surface area (Å²) in [5, 5.41) is 13.3. The van der Waals surface area contributed by atoms with Gasteiger partial charge in [0.15, 0.2) is 0 Å². The number of nitriles is 1. The molecule has 0 unspecified atom stereocenters. The Bertz CT molecular complexity index is 364. The number of hydrogen-bond acceptors (Lipinski definition) is 2. The molecule has 0 saturated heterocycles. The Morgan fingerprint density at radius 3 is 2.60 bits per heavy atom. The fraction of sp³-hybridized carbons (Fsp3) is 0.273. The van der Waals surface area contributed by atoms with E-state index in [-0.39, 0.29) is 12.6 Å². The number of hydrogen-bond donors (Lipinski definition) is 2. The molecule has 4 nitrogen and oxygen atoms in total. The van der Waals surface area contributed by atoms with Crippen LogP contribution in [0.5, 0.6) is 0 Å². The molecule has 0 aliphatic carbocycles. The van der Waals surface area contributed by atoms with Gasteiger partial charge >= 0.3 is 6.03 Å². The van der Waals surface area contributed by atoms with E-state index < -0.39 is 0 Å². The number of amides is 2. The Morgan fingerprint density at radius 2 is 2.00 bits per heavy atom. The van der Waals surface area contributed by atoms with Gasteiger partial charge in [-0.2, -0.15) is 5.26 Å². The zero-order valence-corrected chi connectivity index (χ0v) is 8.58. The second-order valence-corrected chi connectivity index (χ2v) is 3.18. The summed E-state index contributed by atoms with van der Waals surface area (Å²) in [4.78, 5) is 11.1. The molecular weight excluding hydrogens is 190 g/mol. The fourth-order valence-corrected chi connectivity index (χ4v) is 1.07. The van der Waals surface area contributed by atoms with E-state index in [1.54, 1.807) is 0 Å². The Morgan fingerprint density at radius 1 is 1.33 bits per heavy atom. The van der Waals surface area contributed by atoms with Crippen molar-refractivity contribution < 1.29 is 4.79 Å². The van der Waals surface area contributed by atoms with E-state index >= 15 is 0 Å². The maximum absolute atomic E-state index is 11.1. The van der Waals surface area contributed by atoms with Crippen LogP contribution < -0.4 is 10.6 Å². The van der Waals surface area contributed by atoms with Gasteiger partial charge in [0, 0.05) is 6.54 Å². The van der Waals surface area contributed by atoms with Gasteiger partial charge in [-0.15, -0.1) is 0 Å². The molecule has 0 spiro atoms. The van der Waals surface area contributed by atoms with Gasteiger partial charge in [0.25, 0.3) is 0 Å². The van der Waals surface area contributed by atoms with Gasteiger partial charge in [-0.25, -0.2) is 4.79 Å². The highest BCUT2D eigenvalue weighted by Gasteiger charge is 1.98. The lowest BCUT2D eigenvalue weighted by atomic mass is 10.1. The first-order valence-corrected chi connectivity index (χ1v) is 4.66. The summed E-state index contributed by atoms with van der Waals surface area (Å²) in [7, 11) is 0. The number of carbonyl (C=O) groups is 1. The molecule has 4 heteroatoms. The average Bonchev–Trinajstić information content (AvgIpc) is 2.25. The molecule has 15 heavy (non-hydrogen) atoms. The fourth-order valence-electron chi connectivity index (χ4n) is 1.07. The summed E-state index contributed by atoms with van der Waals surface area (Å²) in [5.74, 6) is 0. The Hall–Kier alpha value is -2.02. The van der Waals surface area contributed by atoms with Crippen LogP contribution in [-0.4, -0.2) is 12.6 Å². The van der Waals surface area contributed by atoms with E-state index in [1.165, 1.54) is 5.56 Å².